The van der Waals surface area contributed by atoms with Gasteiger partial charge in [0.1, 0.15) is 11.6 Å². The van der Waals surface area contributed by atoms with Crippen LogP contribution in [0.15, 0.2) is 30.3 Å². The topological polar surface area (TPSA) is 46.5 Å². The van der Waals surface area contributed by atoms with Crippen LogP contribution in [0.3, 0.4) is 0 Å². The van der Waals surface area contributed by atoms with Gasteiger partial charge in [-0.25, -0.2) is 9.18 Å². The third-order valence-corrected chi connectivity index (χ3v) is 2.34. The Morgan fingerprint density at radius 3 is 2.75 bits per heavy atom. The van der Waals surface area contributed by atoms with Crippen molar-refractivity contribution in [3.8, 4) is 5.75 Å². The molecule has 0 saturated heterocycles. The van der Waals surface area contributed by atoms with E-state index in [0.29, 0.717) is 5.39 Å². The maximum Gasteiger partial charge on any atom is 0.340 e. The number of fused-ring (bicyclic) bond motifs is 1. The smallest absolute Gasteiger partial charge is 0.340 e. The second-order valence-corrected chi connectivity index (χ2v) is 3.32. The fraction of sp³-hybridized carbons (Fsp3) is 0.0833. The molecule has 2 rings (SSSR count). The van der Waals surface area contributed by atoms with Crippen LogP contribution in [0.1, 0.15) is 10.4 Å². The number of hydrogen-bond donors (Lipinski definition) is 1. The largest absolute Gasteiger partial charge is 0.508 e. The molecule has 1 N–H and O–H groups in total. The Labute approximate surface area is 91.1 Å². The molecule has 0 amide bonds. The highest BCUT2D eigenvalue weighted by atomic mass is 19.1. The Hall–Kier alpha value is -2.10. The van der Waals surface area contributed by atoms with Gasteiger partial charge in [-0.15, -0.1) is 0 Å². The van der Waals surface area contributed by atoms with Crippen molar-refractivity contribution in [2.45, 2.75) is 0 Å². The van der Waals surface area contributed by atoms with Crippen molar-refractivity contribution >= 4 is 16.7 Å². The van der Waals surface area contributed by atoms with Crippen molar-refractivity contribution in [1.82, 2.24) is 0 Å². The molecule has 0 unspecified atom stereocenters. The van der Waals surface area contributed by atoms with Crippen LogP contribution < -0.4 is 0 Å². The monoisotopic (exact) mass is 220 g/mol. The van der Waals surface area contributed by atoms with Gasteiger partial charge in [-0.05, 0) is 29.7 Å². The van der Waals surface area contributed by atoms with E-state index in [2.05, 4.69) is 4.74 Å². The lowest BCUT2D eigenvalue weighted by Crippen LogP contribution is -2.04. The van der Waals surface area contributed by atoms with E-state index in [0.717, 1.165) is 0 Å². The van der Waals surface area contributed by atoms with E-state index in [1.165, 1.54) is 31.4 Å². The number of phenolic OH excluding ortho intramolecular Hbond substituents is 1. The molecule has 2 aromatic rings. The number of hydrogen-bond acceptors (Lipinski definition) is 3. The first-order valence-electron chi connectivity index (χ1n) is 4.63. The summed E-state index contributed by atoms with van der Waals surface area (Å²) in [6.45, 7) is 0. The van der Waals surface area contributed by atoms with Crippen LogP contribution in [-0.4, -0.2) is 18.2 Å². The van der Waals surface area contributed by atoms with Gasteiger partial charge >= 0.3 is 5.97 Å². The summed E-state index contributed by atoms with van der Waals surface area (Å²) in [5, 5.41) is 10.0. The molecule has 3 nitrogen and oxygen atoms in total. The minimum absolute atomic E-state index is 0.0534. The molecule has 2 aromatic carbocycles. The second-order valence-electron chi connectivity index (χ2n) is 3.32. The van der Waals surface area contributed by atoms with Gasteiger partial charge in [0.05, 0.1) is 12.7 Å². The standard InChI is InChI=1S/C12H9FO3/c1-16-12(15)10-4-2-7-6-8(14)3-5-9(7)11(10)13/h2-6,14H,1H3. The number of benzene rings is 2. The van der Waals surface area contributed by atoms with Gasteiger partial charge in [-0.3, -0.25) is 0 Å². The molecule has 0 aromatic heterocycles. The predicted molar refractivity (Wildman–Crippen MR) is 56.9 cm³/mol. The van der Waals surface area contributed by atoms with E-state index in [4.69, 9.17) is 0 Å². The third kappa shape index (κ3) is 1.58. The second kappa shape index (κ2) is 3.81. The van der Waals surface area contributed by atoms with Crippen LogP contribution in [0.25, 0.3) is 10.8 Å². The normalized spacial score (nSPS) is 10.4. The fourth-order valence-corrected chi connectivity index (χ4v) is 1.55. The first kappa shape index (κ1) is 10.4. The molecule has 0 saturated carbocycles. The lowest BCUT2D eigenvalue weighted by atomic mass is 10.1. The average Bonchev–Trinajstić information content (AvgIpc) is 2.28. The lowest BCUT2D eigenvalue weighted by Gasteiger charge is -2.05. The van der Waals surface area contributed by atoms with Crippen molar-refractivity contribution < 1.29 is 19.0 Å². The predicted octanol–water partition coefficient (Wildman–Crippen LogP) is 2.47. The van der Waals surface area contributed by atoms with Gasteiger partial charge < -0.3 is 9.84 Å². The molecule has 0 spiro atoms. The number of carbonyl (C=O) groups is 1. The number of methoxy groups -OCH3 is 1. The molecule has 0 aliphatic heterocycles. The Kier molecular flexibility index (Phi) is 2.48. The summed E-state index contributed by atoms with van der Waals surface area (Å²) in [6.07, 6.45) is 0. The number of esters is 1. The van der Waals surface area contributed by atoms with E-state index >= 15 is 0 Å². The molecule has 0 atom stereocenters. The van der Waals surface area contributed by atoms with Crippen LogP contribution in [-0.2, 0) is 4.74 Å². The fourth-order valence-electron chi connectivity index (χ4n) is 1.55. The molecule has 0 fully saturated rings. The molecular formula is C12H9FO3. The molecule has 82 valence electrons. The van der Waals surface area contributed by atoms with E-state index in [9.17, 15) is 14.3 Å². The first-order chi connectivity index (χ1) is 7.63. The molecular weight excluding hydrogens is 211 g/mol. The SMILES string of the molecule is COC(=O)c1ccc2cc(O)ccc2c1F. The zero-order valence-corrected chi connectivity index (χ0v) is 8.53. The number of ether oxygens (including phenoxy) is 1. The number of halogens is 1. The third-order valence-electron chi connectivity index (χ3n) is 2.34. The van der Waals surface area contributed by atoms with Gasteiger partial charge in [-0.2, -0.15) is 0 Å². The average molecular weight is 220 g/mol. The number of aromatic hydroxyl groups is 1. The van der Waals surface area contributed by atoms with Crippen molar-refractivity contribution in [2.75, 3.05) is 7.11 Å². The van der Waals surface area contributed by atoms with Gasteiger partial charge in [0.15, 0.2) is 0 Å². The van der Waals surface area contributed by atoms with E-state index < -0.39 is 11.8 Å². The summed E-state index contributed by atoms with van der Waals surface area (Å²) >= 11 is 0. The first-order valence-corrected chi connectivity index (χ1v) is 4.63. The minimum atomic E-state index is -0.715. The summed E-state index contributed by atoms with van der Waals surface area (Å²) in [6, 6.07) is 7.12. The highest BCUT2D eigenvalue weighted by Crippen LogP contribution is 2.24. The zero-order chi connectivity index (χ0) is 11.7. The van der Waals surface area contributed by atoms with Crippen molar-refractivity contribution in [3.05, 3.63) is 41.7 Å². The van der Waals surface area contributed by atoms with Gasteiger partial charge in [0.25, 0.3) is 0 Å². The summed E-state index contributed by atoms with van der Waals surface area (Å²) in [5.41, 5.74) is -0.110. The van der Waals surface area contributed by atoms with E-state index in [1.54, 1.807) is 6.07 Å². The molecule has 0 bridgehead atoms. The number of carbonyl (C=O) groups excluding carboxylic acids is 1. The summed E-state index contributed by atoms with van der Waals surface area (Å²) in [5.74, 6) is -1.30. The van der Waals surface area contributed by atoms with E-state index in [1.807, 2.05) is 0 Å². The zero-order valence-electron chi connectivity index (χ0n) is 8.53. The van der Waals surface area contributed by atoms with Gasteiger partial charge in [-0.1, -0.05) is 6.07 Å². The maximum absolute atomic E-state index is 13.9. The number of phenols is 1. The Morgan fingerprint density at radius 2 is 2.06 bits per heavy atom. The molecule has 0 heterocycles. The number of rotatable bonds is 1. The molecule has 0 aliphatic carbocycles. The molecule has 0 radical (unpaired) electrons. The van der Waals surface area contributed by atoms with Gasteiger partial charge in [0, 0.05) is 5.39 Å². The summed E-state index contributed by atoms with van der Waals surface area (Å²) in [4.78, 5) is 11.2. The molecule has 0 aliphatic rings. The van der Waals surface area contributed by atoms with Crippen LogP contribution in [0.5, 0.6) is 5.75 Å². The highest BCUT2D eigenvalue weighted by molar-refractivity contribution is 5.96. The highest BCUT2D eigenvalue weighted by Gasteiger charge is 2.14. The Balaban J connectivity index is 2.70. The quantitative estimate of drug-likeness (QED) is 0.751. The Morgan fingerprint density at radius 1 is 1.31 bits per heavy atom. The lowest BCUT2D eigenvalue weighted by molar-refractivity contribution is 0.0596. The van der Waals surface area contributed by atoms with Crippen molar-refractivity contribution in [3.63, 3.8) is 0 Å². The van der Waals surface area contributed by atoms with Gasteiger partial charge in [0.2, 0.25) is 0 Å². The van der Waals surface area contributed by atoms with Crippen LogP contribution in [0, 0.1) is 5.82 Å². The Bertz CT molecular complexity index is 563. The summed E-state index contributed by atoms with van der Waals surface area (Å²) in [7, 11) is 1.20. The van der Waals surface area contributed by atoms with Crippen LogP contribution in [0.4, 0.5) is 4.39 Å². The van der Waals surface area contributed by atoms with E-state index in [-0.39, 0.29) is 16.7 Å². The van der Waals surface area contributed by atoms with Crippen LogP contribution >= 0.6 is 0 Å². The molecule has 4 heteroatoms. The minimum Gasteiger partial charge on any atom is -0.508 e. The van der Waals surface area contributed by atoms with Crippen molar-refractivity contribution in [1.29, 1.82) is 0 Å². The molecule has 16 heavy (non-hydrogen) atoms. The van der Waals surface area contributed by atoms with Crippen molar-refractivity contribution in [2.24, 2.45) is 0 Å². The van der Waals surface area contributed by atoms with Crippen LogP contribution in [0.2, 0.25) is 0 Å². The summed E-state index contributed by atoms with van der Waals surface area (Å²) < 4.78 is 18.3. The maximum atomic E-state index is 13.9.